The molecule has 0 spiro atoms. The van der Waals surface area contributed by atoms with Gasteiger partial charge in [0, 0.05) is 35.6 Å². The van der Waals surface area contributed by atoms with Gasteiger partial charge in [-0.1, -0.05) is 62.4 Å². The Morgan fingerprint density at radius 2 is 1.32 bits per heavy atom. The predicted molar refractivity (Wildman–Crippen MR) is 187 cm³/mol. The van der Waals surface area contributed by atoms with E-state index in [1.807, 2.05) is 79.1 Å². The summed E-state index contributed by atoms with van der Waals surface area (Å²) < 4.78 is 16.0. The number of hydrogen-bond acceptors (Lipinski definition) is 6. The van der Waals surface area contributed by atoms with E-state index < -0.39 is 36.5 Å². The molecule has 4 aromatic rings. The second-order valence-corrected chi connectivity index (χ2v) is 11.4. The molecule has 13 heteroatoms. The van der Waals surface area contributed by atoms with E-state index in [4.69, 9.17) is 15.3 Å². The SMILES string of the molecule is CC(C)c1c(C(=O)Nc2ccccc2)c(-c2ccccc2)c(-c2ccc(F)cc2)n1CC[C@@H](O)C[C@@H](O)CC(=O)O.O=C(O)/C=C\C(=O)O.[Sr+2]. The molecule has 1 aromatic heterocycles. The maximum atomic E-state index is 14.0. The second-order valence-electron chi connectivity index (χ2n) is 11.4. The number of para-hydroxylation sites is 1. The zero-order valence-electron chi connectivity index (χ0n) is 27.7. The first-order valence-corrected chi connectivity index (χ1v) is 15.4. The number of carboxylic acids is 3. The average Bonchev–Trinajstić information content (AvgIpc) is 3.39. The average molecular weight is 762 g/mol. The predicted octanol–water partition coefficient (Wildman–Crippen LogP) is 5.64. The maximum Gasteiger partial charge on any atom is 2.00 e. The zero-order chi connectivity index (χ0) is 36.1. The summed E-state index contributed by atoms with van der Waals surface area (Å²) in [6, 6.07) is 24.8. The first-order chi connectivity index (χ1) is 23.3. The molecule has 0 aliphatic heterocycles. The van der Waals surface area contributed by atoms with Crippen molar-refractivity contribution in [1.29, 1.82) is 0 Å². The molecule has 1 heterocycles. The number of aliphatic hydroxyl groups is 2. The summed E-state index contributed by atoms with van der Waals surface area (Å²) in [5.41, 5.74) is 4.77. The smallest absolute Gasteiger partial charge is 0.481 e. The van der Waals surface area contributed by atoms with Crippen LogP contribution in [0, 0.1) is 5.82 Å². The second kappa shape index (κ2) is 20.5. The van der Waals surface area contributed by atoms with E-state index in [1.165, 1.54) is 12.1 Å². The Labute approximate surface area is 326 Å². The maximum absolute atomic E-state index is 14.0. The summed E-state index contributed by atoms with van der Waals surface area (Å²) in [6.07, 6.45) is -1.39. The third-order valence-electron chi connectivity index (χ3n) is 7.30. The van der Waals surface area contributed by atoms with Crippen LogP contribution in [-0.2, 0) is 20.9 Å². The van der Waals surface area contributed by atoms with Gasteiger partial charge in [0.05, 0.1) is 29.9 Å². The minimum atomic E-state index is -1.26. The van der Waals surface area contributed by atoms with Crippen LogP contribution in [0.4, 0.5) is 10.1 Å². The van der Waals surface area contributed by atoms with E-state index in [2.05, 4.69) is 5.32 Å². The molecule has 11 nitrogen and oxygen atoms in total. The number of hydrogen-bond donors (Lipinski definition) is 6. The Hall–Kier alpha value is -4.11. The Bertz CT molecular complexity index is 1740. The summed E-state index contributed by atoms with van der Waals surface area (Å²) in [5, 5.41) is 48.4. The quantitative estimate of drug-likeness (QED) is 0.0698. The summed E-state index contributed by atoms with van der Waals surface area (Å²) >= 11 is 0. The van der Waals surface area contributed by atoms with Crippen LogP contribution in [0.5, 0.6) is 0 Å². The monoisotopic (exact) mass is 762 g/mol. The van der Waals surface area contributed by atoms with Gasteiger partial charge in [0.25, 0.3) is 5.91 Å². The number of aliphatic carboxylic acids is 3. The van der Waals surface area contributed by atoms with E-state index >= 15 is 0 Å². The van der Waals surface area contributed by atoms with Gasteiger partial charge in [0.2, 0.25) is 0 Å². The van der Waals surface area contributed by atoms with Gasteiger partial charge in [-0.2, -0.15) is 0 Å². The van der Waals surface area contributed by atoms with Crippen LogP contribution in [0.25, 0.3) is 22.4 Å². The molecule has 2 atom stereocenters. The van der Waals surface area contributed by atoms with Crippen molar-refractivity contribution in [1.82, 2.24) is 4.57 Å². The third kappa shape index (κ3) is 12.7. The van der Waals surface area contributed by atoms with Gasteiger partial charge in [-0.15, -0.1) is 0 Å². The van der Waals surface area contributed by atoms with E-state index in [0.29, 0.717) is 40.2 Å². The number of amides is 1. The summed E-state index contributed by atoms with van der Waals surface area (Å²) in [6.45, 7) is 4.25. The molecule has 0 aliphatic carbocycles. The first kappa shape index (κ1) is 42.1. The number of nitrogens with one attached hydrogen (secondary N) is 1. The van der Waals surface area contributed by atoms with Crippen molar-refractivity contribution in [3.05, 3.63) is 114 Å². The van der Waals surface area contributed by atoms with Gasteiger partial charge in [-0.25, -0.2) is 14.0 Å². The Balaban J connectivity index is 0.000000859. The van der Waals surface area contributed by atoms with Crippen LogP contribution in [-0.4, -0.2) is 112 Å². The Kier molecular flexibility index (Phi) is 17.3. The topological polar surface area (TPSA) is 186 Å². The van der Waals surface area contributed by atoms with E-state index in [-0.39, 0.29) is 82.5 Å². The zero-order valence-corrected chi connectivity index (χ0v) is 31.2. The van der Waals surface area contributed by atoms with Gasteiger partial charge in [0.15, 0.2) is 0 Å². The van der Waals surface area contributed by atoms with Gasteiger partial charge in [0.1, 0.15) is 5.82 Å². The minimum Gasteiger partial charge on any atom is -0.481 e. The molecule has 6 N–H and O–H groups in total. The first-order valence-electron chi connectivity index (χ1n) is 15.4. The molecule has 0 saturated carbocycles. The van der Waals surface area contributed by atoms with Crippen LogP contribution in [0.1, 0.15) is 55.1 Å². The van der Waals surface area contributed by atoms with Crippen molar-refractivity contribution in [2.24, 2.45) is 0 Å². The van der Waals surface area contributed by atoms with Gasteiger partial charge in [-0.05, 0) is 66.3 Å². The van der Waals surface area contributed by atoms with Crippen molar-refractivity contribution in [2.75, 3.05) is 5.32 Å². The van der Waals surface area contributed by atoms with E-state index in [9.17, 15) is 33.8 Å². The molecule has 0 saturated heterocycles. The number of aliphatic hydroxyl groups excluding tert-OH is 2. The number of rotatable bonds is 14. The van der Waals surface area contributed by atoms with Crippen molar-refractivity contribution in [3.8, 4) is 22.4 Å². The number of carbonyl (C=O) groups excluding carboxylic acids is 1. The third-order valence-corrected chi connectivity index (χ3v) is 7.30. The van der Waals surface area contributed by atoms with Gasteiger partial charge < -0.3 is 35.4 Å². The summed E-state index contributed by atoms with van der Waals surface area (Å²) in [5.74, 6) is -4.45. The van der Waals surface area contributed by atoms with Crippen molar-refractivity contribution < 1.29 is 49.1 Å². The molecule has 0 radical (unpaired) electrons. The van der Waals surface area contributed by atoms with Gasteiger partial charge in [-0.3, -0.25) is 9.59 Å². The van der Waals surface area contributed by atoms with Crippen LogP contribution in [0.2, 0.25) is 0 Å². The molecule has 0 unspecified atom stereocenters. The number of carbonyl (C=O) groups is 4. The van der Waals surface area contributed by atoms with Crippen LogP contribution < -0.4 is 5.32 Å². The molecule has 0 bridgehead atoms. The van der Waals surface area contributed by atoms with Crippen molar-refractivity contribution in [3.63, 3.8) is 0 Å². The van der Waals surface area contributed by atoms with E-state index in [0.717, 1.165) is 11.3 Å². The molecular weight excluding hydrogens is 723 g/mol. The van der Waals surface area contributed by atoms with E-state index in [1.54, 1.807) is 12.1 Å². The van der Waals surface area contributed by atoms with Crippen LogP contribution in [0.3, 0.4) is 0 Å². The van der Waals surface area contributed by atoms with Crippen molar-refractivity contribution in [2.45, 2.75) is 57.8 Å². The minimum absolute atomic E-state index is 0. The largest absolute Gasteiger partial charge is 2.00 e. The standard InChI is InChI=1S/C33H35FN2O5.C4H4O4.Sr/c1-21(2)31-30(33(41)35-25-11-7-4-8-12-25)29(22-9-5-3-6-10-22)32(23-13-15-24(34)16-14-23)36(31)18-17-26(37)19-27(38)20-28(39)40;5-3(6)1-2-4(7)8;/h3-16,21,26-27,37-38H,17-20H2,1-2H3,(H,35,41)(H,39,40);1-2H,(H,5,6)(H,7,8);/q;;+2/b;2-1-;/t26-,27-;;/m1../s1. The van der Waals surface area contributed by atoms with Crippen LogP contribution >= 0.6 is 0 Å². The fourth-order valence-electron chi connectivity index (χ4n) is 5.35. The number of aromatic nitrogens is 1. The molecule has 0 aliphatic rings. The molecule has 258 valence electrons. The molecule has 3 aromatic carbocycles. The summed E-state index contributed by atoms with van der Waals surface area (Å²) in [4.78, 5) is 44.1. The number of carboxylic acid groups (broad SMARTS) is 3. The Morgan fingerprint density at radius 1 is 0.780 bits per heavy atom. The van der Waals surface area contributed by atoms with Crippen LogP contribution in [0.15, 0.2) is 97.1 Å². The number of nitrogens with zero attached hydrogens (tertiary/aromatic N) is 1. The Morgan fingerprint density at radius 3 is 1.82 bits per heavy atom. The molecular formula is C37H39FN2O9Sr+2. The molecule has 4 rings (SSSR count). The fraction of sp³-hybridized carbons (Fsp3) is 0.243. The number of benzene rings is 3. The number of halogens is 1. The van der Waals surface area contributed by atoms with Crippen molar-refractivity contribution >= 4 is 75.0 Å². The fourth-order valence-corrected chi connectivity index (χ4v) is 5.35. The normalized spacial score (nSPS) is 12.0. The molecule has 1 amide bonds. The molecule has 0 fully saturated rings. The number of anilines is 1. The summed E-state index contributed by atoms with van der Waals surface area (Å²) in [7, 11) is 0. The molecule has 50 heavy (non-hydrogen) atoms. The van der Waals surface area contributed by atoms with Gasteiger partial charge >= 0.3 is 63.4 Å².